The van der Waals surface area contributed by atoms with Crippen molar-refractivity contribution in [2.45, 2.75) is 45.4 Å². The Bertz CT molecular complexity index is 736. The van der Waals surface area contributed by atoms with Gasteiger partial charge in [0.25, 0.3) is 0 Å². The summed E-state index contributed by atoms with van der Waals surface area (Å²) in [6.07, 6.45) is 5.66. The van der Waals surface area contributed by atoms with Gasteiger partial charge >= 0.3 is 0 Å². The molecule has 0 aliphatic heterocycles. The third-order valence-electron chi connectivity index (χ3n) is 4.58. The van der Waals surface area contributed by atoms with E-state index in [2.05, 4.69) is 15.3 Å². The molecular weight excluding hydrogens is 306 g/mol. The number of hydrogen-bond acceptors (Lipinski definition) is 5. The average molecular weight is 327 g/mol. The molecule has 0 radical (unpaired) electrons. The lowest BCUT2D eigenvalue weighted by Gasteiger charge is -2.21. The van der Waals surface area contributed by atoms with Gasteiger partial charge < -0.3 is 4.42 Å². The van der Waals surface area contributed by atoms with Crippen molar-refractivity contribution in [1.82, 2.24) is 9.97 Å². The van der Waals surface area contributed by atoms with Gasteiger partial charge in [-0.25, -0.2) is 9.97 Å². The molecule has 1 aliphatic rings. The minimum atomic E-state index is -0.0790. The largest absolute Gasteiger partial charge is 0.469 e. The minimum absolute atomic E-state index is 0.00974. The number of ketones is 1. The van der Waals surface area contributed by atoms with Crippen molar-refractivity contribution < 1.29 is 14.0 Å². The summed E-state index contributed by atoms with van der Waals surface area (Å²) >= 11 is 0. The molecule has 1 N–H and O–H groups in total. The molecule has 126 valence electrons. The molecular formula is C18H21N3O3. The Morgan fingerprint density at radius 1 is 1.38 bits per heavy atom. The van der Waals surface area contributed by atoms with Crippen LogP contribution in [-0.2, 0) is 11.2 Å². The summed E-state index contributed by atoms with van der Waals surface area (Å²) in [5.74, 6) is 0.911. The second kappa shape index (κ2) is 6.95. The number of nitrogens with zero attached hydrogens (tertiary/aromatic N) is 2. The zero-order valence-corrected chi connectivity index (χ0v) is 13.9. The maximum atomic E-state index is 12.3. The molecule has 2 aromatic rings. The van der Waals surface area contributed by atoms with Gasteiger partial charge in [0.1, 0.15) is 5.76 Å². The van der Waals surface area contributed by atoms with Gasteiger partial charge in [0.2, 0.25) is 11.9 Å². The van der Waals surface area contributed by atoms with Crippen LogP contribution in [0.15, 0.2) is 29.0 Å². The molecule has 0 saturated carbocycles. The first-order valence-corrected chi connectivity index (χ1v) is 8.35. The standard InChI is InChI=1S/C18H21N3O3/c1-3-11(4-2)17(23)21-18-19-10-13-14(20-18)8-12(9-15(13)22)16-6-5-7-24-16/h5-7,10-12H,3-4,8-9H2,1-2H3,(H,19,20,21,23). The molecule has 2 aromatic heterocycles. The zero-order chi connectivity index (χ0) is 17.1. The van der Waals surface area contributed by atoms with Crippen LogP contribution in [0, 0.1) is 5.92 Å². The van der Waals surface area contributed by atoms with E-state index in [0.29, 0.717) is 24.1 Å². The highest BCUT2D eigenvalue weighted by molar-refractivity contribution is 5.98. The summed E-state index contributed by atoms with van der Waals surface area (Å²) in [7, 11) is 0. The fraction of sp³-hybridized carbons (Fsp3) is 0.444. The Kier molecular flexibility index (Phi) is 4.74. The quantitative estimate of drug-likeness (QED) is 0.910. The average Bonchev–Trinajstić information content (AvgIpc) is 3.10. The second-order valence-corrected chi connectivity index (χ2v) is 6.10. The van der Waals surface area contributed by atoms with Crippen LogP contribution in [0.2, 0.25) is 0 Å². The van der Waals surface area contributed by atoms with Gasteiger partial charge in [-0.1, -0.05) is 13.8 Å². The van der Waals surface area contributed by atoms with Crippen molar-refractivity contribution in [3.8, 4) is 0 Å². The first-order valence-electron chi connectivity index (χ1n) is 8.35. The number of aromatic nitrogens is 2. The van der Waals surface area contributed by atoms with Crippen molar-refractivity contribution in [2.24, 2.45) is 5.92 Å². The van der Waals surface area contributed by atoms with Gasteiger partial charge in [-0.3, -0.25) is 14.9 Å². The normalized spacial score (nSPS) is 17.0. The summed E-state index contributed by atoms with van der Waals surface area (Å²) in [6.45, 7) is 3.96. The molecule has 1 atom stereocenters. The fourth-order valence-corrected chi connectivity index (χ4v) is 3.10. The number of nitrogens with one attached hydrogen (secondary N) is 1. The summed E-state index contributed by atoms with van der Waals surface area (Å²) in [5.41, 5.74) is 1.21. The molecule has 0 aromatic carbocycles. The number of fused-ring (bicyclic) bond motifs is 1. The molecule has 1 aliphatic carbocycles. The molecule has 2 heterocycles. The van der Waals surface area contributed by atoms with Crippen molar-refractivity contribution in [1.29, 1.82) is 0 Å². The lowest BCUT2D eigenvalue weighted by molar-refractivity contribution is -0.120. The van der Waals surface area contributed by atoms with Crippen molar-refractivity contribution in [3.63, 3.8) is 0 Å². The van der Waals surface area contributed by atoms with E-state index in [0.717, 1.165) is 18.6 Å². The van der Waals surface area contributed by atoms with E-state index in [1.54, 1.807) is 6.26 Å². The van der Waals surface area contributed by atoms with Crippen LogP contribution in [-0.4, -0.2) is 21.7 Å². The van der Waals surface area contributed by atoms with Gasteiger partial charge in [0.15, 0.2) is 5.78 Å². The lowest BCUT2D eigenvalue weighted by Crippen LogP contribution is -2.25. The topological polar surface area (TPSA) is 85.1 Å². The SMILES string of the molecule is CCC(CC)C(=O)Nc1ncc2c(n1)CC(c1ccco1)CC2=O. The molecule has 0 fully saturated rings. The first-order chi connectivity index (χ1) is 11.6. The Labute approximate surface area is 140 Å². The van der Waals surface area contributed by atoms with Crippen LogP contribution in [0.4, 0.5) is 5.95 Å². The Hall–Kier alpha value is -2.50. The maximum absolute atomic E-state index is 12.3. The van der Waals surface area contributed by atoms with Crippen LogP contribution >= 0.6 is 0 Å². The van der Waals surface area contributed by atoms with Crippen LogP contribution < -0.4 is 5.32 Å². The van der Waals surface area contributed by atoms with E-state index in [1.807, 2.05) is 26.0 Å². The second-order valence-electron chi connectivity index (χ2n) is 6.10. The van der Waals surface area contributed by atoms with E-state index >= 15 is 0 Å². The molecule has 6 heteroatoms. The highest BCUT2D eigenvalue weighted by Crippen LogP contribution is 2.32. The molecule has 3 rings (SSSR count). The molecule has 6 nitrogen and oxygen atoms in total. The third kappa shape index (κ3) is 3.22. The van der Waals surface area contributed by atoms with Gasteiger partial charge in [-0.05, 0) is 25.0 Å². The van der Waals surface area contributed by atoms with Gasteiger partial charge in [0, 0.05) is 30.9 Å². The third-order valence-corrected chi connectivity index (χ3v) is 4.58. The molecule has 0 saturated heterocycles. The molecule has 1 amide bonds. The van der Waals surface area contributed by atoms with E-state index in [9.17, 15) is 9.59 Å². The van der Waals surface area contributed by atoms with E-state index in [1.165, 1.54) is 6.20 Å². The highest BCUT2D eigenvalue weighted by atomic mass is 16.3. The summed E-state index contributed by atoms with van der Waals surface area (Å²) in [5, 5.41) is 2.76. The van der Waals surface area contributed by atoms with Crippen LogP contribution in [0.25, 0.3) is 0 Å². The maximum Gasteiger partial charge on any atom is 0.229 e. The van der Waals surface area contributed by atoms with Crippen molar-refractivity contribution in [3.05, 3.63) is 41.6 Å². The van der Waals surface area contributed by atoms with Crippen LogP contribution in [0.5, 0.6) is 0 Å². The minimum Gasteiger partial charge on any atom is -0.469 e. The van der Waals surface area contributed by atoms with E-state index in [4.69, 9.17) is 4.42 Å². The number of anilines is 1. The smallest absolute Gasteiger partial charge is 0.229 e. The molecule has 0 bridgehead atoms. The summed E-state index contributed by atoms with van der Waals surface area (Å²) < 4.78 is 5.43. The number of hydrogen-bond donors (Lipinski definition) is 1. The number of Topliss-reactive ketones (excluding diaryl/α,β-unsaturated/α-hetero) is 1. The lowest BCUT2D eigenvalue weighted by atomic mass is 9.85. The number of carbonyl (C=O) groups is 2. The monoisotopic (exact) mass is 327 g/mol. The molecule has 0 spiro atoms. The number of furan rings is 1. The number of amides is 1. The van der Waals surface area contributed by atoms with Gasteiger partial charge in [0.05, 0.1) is 17.5 Å². The number of carbonyl (C=O) groups excluding carboxylic acids is 2. The fourth-order valence-electron chi connectivity index (χ4n) is 3.10. The Morgan fingerprint density at radius 2 is 2.17 bits per heavy atom. The van der Waals surface area contributed by atoms with Gasteiger partial charge in [-0.2, -0.15) is 0 Å². The Morgan fingerprint density at radius 3 is 2.83 bits per heavy atom. The molecule has 24 heavy (non-hydrogen) atoms. The number of rotatable bonds is 5. The summed E-state index contributed by atoms with van der Waals surface area (Å²) in [4.78, 5) is 33.0. The predicted octanol–water partition coefficient (Wildman–Crippen LogP) is 3.36. The van der Waals surface area contributed by atoms with Crippen molar-refractivity contribution >= 4 is 17.6 Å². The van der Waals surface area contributed by atoms with Crippen molar-refractivity contribution in [2.75, 3.05) is 5.32 Å². The Balaban J connectivity index is 1.81. The van der Waals surface area contributed by atoms with E-state index < -0.39 is 0 Å². The summed E-state index contributed by atoms with van der Waals surface area (Å²) in [6, 6.07) is 3.69. The van der Waals surface area contributed by atoms with Gasteiger partial charge in [-0.15, -0.1) is 0 Å². The predicted molar refractivity (Wildman–Crippen MR) is 88.8 cm³/mol. The first kappa shape index (κ1) is 16.4. The van der Waals surface area contributed by atoms with E-state index in [-0.39, 0.29) is 29.5 Å². The highest BCUT2D eigenvalue weighted by Gasteiger charge is 2.29. The zero-order valence-electron chi connectivity index (χ0n) is 13.9. The van der Waals surface area contributed by atoms with Crippen LogP contribution in [0.3, 0.4) is 0 Å². The van der Waals surface area contributed by atoms with Crippen LogP contribution in [0.1, 0.15) is 60.8 Å². The molecule has 1 unspecified atom stereocenters.